The van der Waals surface area contributed by atoms with Gasteiger partial charge in [-0.3, -0.25) is 5.41 Å². The van der Waals surface area contributed by atoms with E-state index in [1.807, 2.05) is 42.5 Å². The van der Waals surface area contributed by atoms with Crippen molar-refractivity contribution in [3.05, 3.63) is 120 Å². The van der Waals surface area contributed by atoms with E-state index in [4.69, 9.17) is 5.41 Å². The Morgan fingerprint density at radius 1 is 0.556 bits per heavy atom. The molecule has 0 amide bonds. The van der Waals surface area contributed by atoms with Gasteiger partial charge in [-0.05, 0) is 40.8 Å². The summed E-state index contributed by atoms with van der Waals surface area (Å²) >= 11 is 0. The number of hydrogen-bond donors (Lipinski definition) is 1. The fourth-order valence-corrected chi connectivity index (χ4v) is 3.36. The van der Waals surface area contributed by atoms with Crippen molar-refractivity contribution in [2.75, 3.05) is 0 Å². The minimum atomic E-state index is 0.545. The monoisotopic (exact) mass is 347 g/mol. The largest absolute Gasteiger partial charge is 0.300 e. The predicted octanol–water partition coefficient (Wildman–Crippen LogP) is 6.75. The van der Waals surface area contributed by atoms with Gasteiger partial charge < -0.3 is 0 Å². The zero-order valence-corrected chi connectivity index (χ0v) is 15.3. The lowest BCUT2D eigenvalue weighted by Crippen LogP contribution is -2.01. The molecule has 0 unspecified atom stereocenters. The molecular formula is C26H21N. The molecule has 0 saturated carbocycles. The zero-order valence-electron chi connectivity index (χ0n) is 15.3. The Bertz CT molecular complexity index is 1080. The summed E-state index contributed by atoms with van der Waals surface area (Å²) in [6.45, 7) is 2.13. The van der Waals surface area contributed by atoms with Crippen LogP contribution in [-0.4, -0.2) is 5.71 Å². The van der Waals surface area contributed by atoms with Crippen LogP contribution in [0.4, 0.5) is 0 Å². The Hall–Kier alpha value is -3.45. The van der Waals surface area contributed by atoms with Crippen molar-refractivity contribution < 1.29 is 0 Å². The first-order valence-corrected chi connectivity index (χ1v) is 9.13. The summed E-state index contributed by atoms with van der Waals surface area (Å²) in [5.74, 6) is 0. The number of benzene rings is 4. The van der Waals surface area contributed by atoms with Crippen molar-refractivity contribution >= 4 is 5.71 Å². The van der Waals surface area contributed by atoms with Crippen LogP contribution in [-0.2, 0) is 0 Å². The van der Waals surface area contributed by atoms with Crippen LogP contribution in [0.15, 0.2) is 103 Å². The average molecular weight is 347 g/mol. The van der Waals surface area contributed by atoms with E-state index in [0.717, 1.165) is 16.7 Å². The second-order valence-electron chi connectivity index (χ2n) is 6.71. The van der Waals surface area contributed by atoms with Crippen LogP contribution in [0.1, 0.15) is 16.7 Å². The van der Waals surface area contributed by atoms with Crippen LogP contribution in [0.25, 0.3) is 22.3 Å². The first kappa shape index (κ1) is 17.0. The van der Waals surface area contributed by atoms with E-state index < -0.39 is 0 Å². The summed E-state index contributed by atoms with van der Waals surface area (Å²) in [5, 5.41) is 8.65. The maximum Gasteiger partial charge on any atom is 0.0684 e. The zero-order chi connectivity index (χ0) is 18.6. The molecule has 4 aromatic carbocycles. The highest BCUT2D eigenvalue weighted by Gasteiger charge is 2.08. The molecule has 0 radical (unpaired) electrons. The van der Waals surface area contributed by atoms with Gasteiger partial charge in [-0.2, -0.15) is 0 Å². The molecule has 0 aliphatic rings. The molecule has 130 valence electrons. The van der Waals surface area contributed by atoms with Gasteiger partial charge in [0.1, 0.15) is 0 Å². The van der Waals surface area contributed by atoms with E-state index in [1.165, 1.54) is 22.3 Å². The Morgan fingerprint density at radius 3 is 1.96 bits per heavy atom. The molecule has 0 heterocycles. The third-order valence-electron chi connectivity index (χ3n) is 4.89. The smallest absolute Gasteiger partial charge is 0.0684 e. The van der Waals surface area contributed by atoms with Crippen molar-refractivity contribution in [1.82, 2.24) is 0 Å². The minimum Gasteiger partial charge on any atom is -0.300 e. The lowest BCUT2D eigenvalue weighted by Gasteiger charge is -2.10. The molecule has 0 aliphatic heterocycles. The van der Waals surface area contributed by atoms with Crippen LogP contribution >= 0.6 is 0 Å². The lowest BCUT2D eigenvalue weighted by molar-refractivity contribution is 1.44. The number of nitrogens with one attached hydrogen (secondary N) is 1. The van der Waals surface area contributed by atoms with Crippen LogP contribution in [0.5, 0.6) is 0 Å². The summed E-state index contributed by atoms with van der Waals surface area (Å²) in [6.07, 6.45) is 0. The van der Waals surface area contributed by atoms with Gasteiger partial charge in [0.2, 0.25) is 0 Å². The molecule has 0 atom stereocenters. The highest BCUT2D eigenvalue weighted by Crippen LogP contribution is 2.25. The quantitative estimate of drug-likeness (QED) is 0.395. The molecule has 27 heavy (non-hydrogen) atoms. The summed E-state index contributed by atoms with van der Waals surface area (Å²) in [4.78, 5) is 0. The number of rotatable bonds is 4. The van der Waals surface area contributed by atoms with E-state index in [0.29, 0.717) is 5.71 Å². The van der Waals surface area contributed by atoms with Crippen molar-refractivity contribution in [2.45, 2.75) is 6.92 Å². The van der Waals surface area contributed by atoms with Crippen molar-refractivity contribution in [3.8, 4) is 22.3 Å². The molecule has 0 bridgehead atoms. The Kier molecular flexibility index (Phi) is 4.67. The maximum absolute atomic E-state index is 8.65. The van der Waals surface area contributed by atoms with Gasteiger partial charge in [-0.25, -0.2) is 0 Å². The molecule has 0 saturated heterocycles. The fraction of sp³-hybridized carbons (Fsp3) is 0.0385. The van der Waals surface area contributed by atoms with Gasteiger partial charge in [0.25, 0.3) is 0 Å². The van der Waals surface area contributed by atoms with Gasteiger partial charge in [0.15, 0.2) is 0 Å². The summed E-state index contributed by atoms with van der Waals surface area (Å²) < 4.78 is 0. The first-order chi connectivity index (χ1) is 13.2. The molecule has 1 N–H and O–H groups in total. The third kappa shape index (κ3) is 3.58. The highest BCUT2D eigenvalue weighted by molar-refractivity contribution is 6.11. The van der Waals surface area contributed by atoms with Crippen LogP contribution < -0.4 is 0 Å². The average Bonchev–Trinajstić information content (AvgIpc) is 2.74. The molecule has 1 nitrogen and oxygen atoms in total. The van der Waals surface area contributed by atoms with Crippen LogP contribution in [0.3, 0.4) is 0 Å². The molecule has 4 rings (SSSR count). The van der Waals surface area contributed by atoms with Gasteiger partial charge in [-0.1, -0.05) is 97.1 Å². The fourth-order valence-electron chi connectivity index (χ4n) is 3.36. The van der Waals surface area contributed by atoms with Gasteiger partial charge >= 0.3 is 0 Å². The Balaban J connectivity index is 1.63. The van der Waals surface area contributed by atoms with Crippen LogP contribution in [0.2, 0.25) is 0 Å². The van der Waals surface area contributed by atoms with Crippen LogP contribution in [0, 0.1) is 12.3 Å². The molecule has 4 aromatic rings. The maximum atomic E-state index is 8.65. The van der Waals surface area contributed by atoms with Crippen molar-refractivity contribution in [1.29, 1.82) is 5.41 Å². The topological polar surface area (TPSA) is 23.9 Å². The van der Waals surface area contributed by atoms with Gasteiger partial charge in [0, 0.05) is 11.1 Å². The summed E-state index contributed by atoms with van der Waals surface area (Å²) in [5.41, 5.74) is 8.39. The van der Waals surface area contributed by atoms with E-state index in [-0.39, 0.29) is 0 Å². The first-order valence-electron chi connectivity index (χ1n) is 9.13. The third-order valence-corrected chi connectivity index (χ3v) is 4.89. The van der Waals surface area contributed by atoms with E-state index in [1.54, 1.807) is 0 Å². The highest BCUT2D eigenvalue weighted by atomic mass is 14.4. The normalized spacial score (nSPS) is 10.6. The Labute approximate surface area is 160 Å². The van der Waals surface area contributed by atoms with E-state index >= 15 is 0 Å². The van der Waals surface area contributed by atoms with E-state index in [2.05, 4.69) is 67.6 Å². The lowest BCUT2D eigenvalue weighted by atomic mass is 9.95. The second-order valence-corrected chi connectivity index (χ2v) is 6.71. The standard InChI is InChI=1S/C26H21N/c1-19-8-5-6-13-25(19)21-14-16-22(17-15-21)26(27)24-12-7-11-23(18-24)20-9-3-2-4-10-20/h2-18,27H,1H3. The van der Waals surface area contributed by atoms with E-state index in [9.17, 15) is 0 Å². The van der Waals surface area contributed by atoms with Crippen molar-refractivity contribution in [3.63, 3.8) is 0 Å². The molecule has 0 aromatic heterocycles. The Morgan fingerprint density at radius 2 is 1.22 bits per heavy atom. The molecule has 0 spiro atoms. The second kappa shape index (κ2) is 7.43. The SMILES string of the molecule is Cc1ccccc1-c1ccc(C(=N)c2cccc(-c3ccccc3)c2)cc1. The number of aryl methyl sites for hydroxylation is 1. The molecule has 0 fully saturated rings. The predicted molar refractivity (Wildman–Crippen MR) is 114 cm³/mol. The summed E-state index contributed by atoms with van der Waals surface area (Å²) in [7, 11) is 0. The van der Waals surface area contributed by atoms with Crippen molar-refractivity contribution in [2.24, 2.45) is 0 Å². The molecule has 0 aliphatic carbocycles. The molecule has 1 heteroatoms. The van der Waals surface area contributed by atoms with Gasteiger partial charge in [0.05, 0.1) is 5.71 Å². The van der Waals surface area contributed by atoms with Gasteiger partial charge in [-0.15, -0.1) is 0 Å². The minimum absolute atomic E-state index is 0.545. The summed E-state index contributed by atoms with van der Waals surface area (Å²) in [6, 6.07) is 35.2. The number of hydrogen-bond acceptors (Lipinski definition) is 1. The molecular weight excluding hydrogens is 326 g/mol.